The van der Waals surface area contributed by atoms with Crippen LogP contribution in [0.4, 0.5) is 17.6 Å². The molecule has 0 aliphatic heterocycles. The van der Waals surface area contributed by atoms with Crippen molar-refractivity contribution in [2.75, 3.05) is 0 Å². The predicted molar refractivity (Wildman–Crippen MR) is 72.1 cm³/mol. The molecule has 0 atom stereocenters. The third-order valence-electron chi connectivity index (χ3n) is 2.93. The first kappa shape index (κ1) is 19.3. The molecule has 1 aliphatic rings. The normalized spacial score (nSPS) is 25.0. The molecular formula is C12H15Cl2F4NO. The molecule has 1 aliphatic carbocycles. The van der Waals surface area contributed by atoms with E-state index < -0.39 is 17.6 Å². The summed E-state index contributed by atoms with van der Waals surface area (Å²) in [7, 11) is 0. The minimum atomic E-state index is -4.72. The van der Waals surface area contributed by atoms with E-state index in [4.69, 9.17) is 10.5 Å². The van der Waals surface area contributed by atoms with Gasteiger partial charge in [0.05, 0.1) is 5.56 Å². The largest absolute Gasteiger partial charge is 0.490 e. The van der Waals surface area contributed by atoms with E-state index in [2.05, 4.69) is 0 Å². The number of hydrogen-bond acceptors (Lipinski definition) is 2. The predicted octanol–water partition coefficient (Wildman–Crippen LogP) is 3.95. The van der Waals surface area contributed by atoms with Crippen LogP contribution in [0.2, 0.25) is 0 Å². The van der Waals surface area contributed by atoms with E-state index in [-0.39, 0.29) is 42.2 Å². The lowest BCUT2D eigenvalue weighted by atomic mass is 9.77. The fraction of sp³-hybridized carbons (Fsp3) is 0.500. The van der Waals surface area contributed by atoms with E-state index in [0.29, 0.717) is 18.9 Å². The van der Waals surface area contributed by atoms with Gasteiger partial charge in [-0.15, -0.1) is 24.8 Å². The Morgan fingerprint density at radius 3 is 2.25 bits per heavy atom. The van der Waals surface area contributed by atoms with Crippen LogP contribution in [0.3, 0.4) is 0 Å². The maximum atomic E-state index is 13.0. The van der Waals surface area contributed by atoms with Crippen LogP contribution in [-0.2, 0) is 6.18 Å². The summed E-state index contributed by atoms with van der Waals surface area (Å²) >= 11 is 0. The molecule has 0 radical (unpaired) electrons. The molecular weight excluding hydrogens is 321 g/mol. The van der Waals surface area contributed by atoms with Gasteiger partial charge in [0.25, 0.3) is 0 Å². The summed E-state index contributed by atoms with van der Waals surface area (Å²) in [6, 6.07) is 2.64. The molecule has 0 amide bonds. The molecule has 116 valence electrons. The molecule has 1 aromatic carbocycles. The number of benzene rings is 1. The van der Waals surface area contributed by atoms with Gasteiger partial charge in [0.15, 0.2) is 0 Å². The summed E-state index contributed by atoms with van der Waals surface area (Å²) in [6.45, 7) is 1.85. The van der Waals surface area contributed by atoms with Crippen molar-refractivity contribution in [2.45, 2.75) is 37.6 Å². The number of ether oxygens (including phenoxy) is 1. The Morgan fingerprint density at radius 1 is 1.25 bits per heavy atom. The summed E-state index contributed by atoms with van der Waals surface area (Å²) < 4.78 is 55.8. The zero-order valence-electron chi connectivity index (χ0n) is 10.5. The highest BCUT2D eigenvalue weighted by molar-refractivity contribution is 5.85. The van der Waals surface area contributed by atoms with Crippen molar-refractivity contribution < 1.29 is 22.3 Å². The Morgan fingerprint density at radius 2 is 1.80 bits per heavy atom. The Bertz CT molecular complexity index is 457. The number of hydrogen-bond donors (Lipinski definition) is 1. The van der Waals surface area contributed by atoms with Gasteiger partial charge in [0.1, 0.15) is 17.7 Å². The zero-order valence-corrected chi connectivity index (χ0v) is 12.2. The minimum Gasteiger partial charge on any atom is -0.490 e. The van der Waals surface area contributed by atoms with Gasteiger partial charge >= 0.3 is 6.18 Å². The molecule has 2 N–H and O–H groups in total. The molecule has 20 heavy (non-hydrogen) atoms. The van der Waals surface area contributed by atoms with E-state index in [1.54, 1.807) is 0 Å². The van der Waals surface area contributed by atoms with Crippen molar-refractivity contribution in [3.05, 3.63) is 29.6 Å². The van der Waals surface area contributed by atoms with Crippen LogP contribution in [0.5, 0.6) is 5.75 Å². The number of alkyl halides is 3. The van der Waals surface area contributed by atoms with Crippen molar-refractivity contribution in [1.82, 2.24) is 0 Å². The molecule has 2 nitrogen and oxygen atoms in total. The monoisotopic (exact) mass is 335 g/mol. The molecule has 0 heterocycles. The highest BCUT2D eigenvalue weighted by Crippen LogP contribution is 2.36. The van der Waals surface area contributed by atoms with Gasteiger partial charge in [-0.3, -0.25) is 0 Å². The second kappa shape index (κ2) is 6.37. The first-order valence-corrected chi connectivity index (χ1v) is 5.50. The SMILES string of the molecule is CC1(N)CC(Oc2ccc(F)c(C(F)(F)F)c2)C1.Cl.Cl. The lowest BCUT2D eigenvalue weighted by Crippen LogP contribution is -2.54. The van der Waals surface area contributed by atoms with Crippen LogP contribution in [0, 0.1) is 5.82 Å². The average Bonchev–Trinajstić information content (AvgIpc) is 2.16. The zero-order chi connectivity index (χ0) is 13.6. The highest BCUT2D eigenvalue weighted by atomic mass is 35.5. The molecule has 2 rings (SSSR count). The van der Waals surface area contributed by atoms with Gasteiger partial charge < -0.3 is 10.5 Å². The van der Waals surface area contributed by atoms with Crippen LogP contribution in [-0.4, -0.2) is 11.6 Å². The smallest absolute Gasteiger partial charge is 0.419 e. The molecule has 8 heteroatoms. The van der Waals surface area contributed by atoms with E-state index in [1.165, 1.54) is 6.07 Å². The molecule has 1 saturated carbocycles. The van der Waals surface area contributed by atoms with Gasteiger partial charge in [-0.2, -0.15) is 13.2 Å². The van der Waals surface area contributed by atoms with Gasteiger partial charge in [-0.1, -0.05) is 0 Å². The number of rotatable bonds is 2. The topological polar surface area (TPSA) is 35.2 Å². The van der Waals surface area contributed by atoms with E-state index in [0.717, 1.165) is 6.07 Å². The van der Waals surface area contributed by atoms with Crippen LogP contribution in [0.25, 0.3) is 0 Å². The number of halogens is 6. The van der Waals surface area contributed by atoms with Crippen LogP contribution < -0.4 is 10.5 Å². The van der Waals surface area contributed by atoms with Gasteiger partial charge in [-0.25, -0.2) is 4.39 Å². The first-order chi connectivity index (χ1) is 8.17. The Hall–Kier alpha value is -0.720. The summed E-state index contributed by atoms with van der Waals surface area (Å²) in [5, 5.41) is 0. The van der Waals surface area contributed by atoms with Crippen molar-refractivity contribution in [3.63, 3.8) is 0 Å². The van der Waals surface area contributed by atoms with Crippen molar-refractivity contribution >= 4 is 24.8 Å². The lowest BCUT2D eigenvalue weighted by molar-refractivity contribution is -0.140. The fourth-order valence-corrected chi connectivity index (χ4v) is 2.05. The molecule has 0 saturated heterocycles. The third-order valence-corrected chi connectivity index (χ3v) is 2.93. The summed E-state index contributed by atoms with van der Waals surface area (Å²) in [5.74, 6) is -1.28. The molecule has 0 aromatic heterocycles. The Labute approximate surface area is 126 Å². The third kappa shape index (κ3) is 4.40. The number of nitrogens with two attached hydrogens (primary N) is 1. The molecule has 1 aromatic rings. The maximum absolute atomic E-state index is 13.0. The molecule has 0 unspecified atom stereocenters. The maximum Gasteiger partial charge on any atom is 0.419 e. The van der Waals surface area contributed by atoms with E-state index in [9.17, 15) is 17.6 Å². The van der Waals surface area contributed by atoms with Crippen LogP contribution in [0.15, 0.2) is 18.2 Å². The van der Waals surface area contributed by atoms with E-state index in [1.807, 2.05) is 6.92 Å². The second-order valence-corrected chi connectivity index (χ2v) is 4.94. The van der Waals surface area contributed by atoms with Gasteiger partial charge in [0.2, 0.25) is 0 Å². The first-order valence-electron chi connectivity index (χ1n) is 5.50. The second-order valence-electron chi connectivity index (χ2n) is 4.94. The van der Waals surface area contributed by atoms with Gasteiger partial charge in [0, 0.05) is 18.4 Å². The molecule has 1 fully saturated rings. The van der Waals surface area contributed by atoms with Crippen LogP contribution >= 0.6 is 24.8 Å². The minimum absolute atomic E-state index is 0. The summed E-state index contributed by atoms with van der Waals surface area (Å²) in [5.41, 5.74) is 4.14. The standard InChI is InChI=1S/C12H13F4NO.2ClH/c1-11(17)5-8(6-11)18-7-2-3-10(13)9(4-7)12(14,15)16;;/h2-4,8H,5-6,17H2,1H3;2*1H. The Balaban J connectivity index is 0.00000180. The lowest BCUT2D eigenvalue weighted by Gasteiger charge is -2.41. The highest BCUT2D eigenvalue weighted by Gasteiger charge is 2.39. The quantitative estimate of drug-likeness (QED) is 0.830. The summed E-state index contributed by atoms with van der Waals surface area (Å²) in [6.07, 6.45) is -3.77. The van der Waals surface area contributed by atoms with Gasteiger partial charge in [-0.05, 0) is 25.1 Å². The van der Waals surface area contributed by atoms with Crippen molar-refractivity contribution in [3.8, 4) is 5.75 Å². The van der Waals surface area contributed by atoms with E-state index >= 15 is 0 Å². The Kier molecular flexibility index (Phi) is 6.14. The van der Waals surface area contributed by atoms with Crippen molar-refractivity contribution in [1.29, 1.82) is 0 Å². The van der Waals surface area contributed by atoms with Crippen LogP contribution in [0.1, 0.15) is 25.3 Å². The molecule has 0 bridgehead atoms. The molecule has 0 spiro atoms. The fourth-order valence-electron chi connectivity index (χ4n) is 2.05. The summed E-state index contributed by atoms with van der Waals surface area (Å²) in [4.78, 5) is 0. The average molecular weight is 336 g/mol. The van der Waals surface area contributed by atoms with Crippen molar-refractivity contribution in [2.24, 2.45) is 5.73 Å².